The molecule has 0 aliphatic carbocycles. The summed E-state index contributed by atoms with van der Waals surface area (Å²) in [6.45, 7) is 9.12. The molecule has 146 valence electrons. The lowest BCUT2D eigenvalue weighted by molar-refractivity contribution is 0.861. The fourth-order valence-electron chi connectivity index (χ4n) is 3.21. The van der Waals surface area contributed by atoms with E-state index in [0.717, 1.165) is 36.8 Å². The summed E-state index contributed by atoms with van der Waals surface area (Å²) in [6.07, 6.45) is 0. The summed E-state index contributed by atoms with van der Waals surface area (Å²) in [5.74, 6) is 1.52. The first-order valence-electron chi connectivity index (χ1n) is 9.81. The summed E-state index contributed by atoms with van der Waals surface area (Å²) >= 11 is 0. The SMILES string of the molecule is CCN(CC)c1ccc(Nc2cc(C)nc(N(C)Cc3ccccc3)n2)cc1. The van der Waals surface area contributed by atoms with Gasteiger partial charge in [0.25, 0.3) is 0 Å². The number of aryl methyl sites for hydroxylation is 1. The number of nitrogens with one attached hydrogen (secondary N) is 1. The molecule has 3 aromatic rings. The van der Waals surface area contributed by atoms with Gasteiger partial charge in [0.15, 0.2) is 0 Å². The van der Waals surface area contributed by atoms with Crippen molar-refractivity contribution in [3.8, 4) is 0 Å². The van der Waals surface area contributed by atoms with Crippen molar-refractivity contribution >= 4 is 23.1 Å². The van der Waals surface area contributed by atoms with E-state index in [0.29, 0.717) is 5.95 Å². The van der Waals surface area contributed by atoms with Crippen LogP contribution in [0.5, 0.6) is 0 Å². The summed E-state index contributed by atoms with van der Waals surface area (Å²) in [6, 6.07) is 20.8. The zero-order valence-electron chi connectivity index (χ0n) is 17.2. The van der Waals surface area contributed by atoms with Gasteiger partial charge in [0.05, 0.1) is 0 Å². The predicted molar refractivity (Wildman–Crippen MR) is 119 cm³/mol. The van der Waals surface area contributed by atoms with Gasteiger partial charge in [-0.05, 0) is 50.6 Å². The lowest BCUT2D eigenvalue weighted by Gasteiger charge is -2.21. The number of hydrogen-bond acceptors (Lipinski definition) is 5. The number of nitrogens with zero attached hydrogens (tertiary/aromatic N) is 4. The van der Waals surface area contributed by atoms with Gasteiger partial charge < -0.3 is 15.1 Å². The molecule has 1 aromatic heterocycles. The molecule has 5 heteroatoms. The molecule has 0 fully saturated rings. The molecule has 0 aliphatic heterocycles. The van der Waals surface area contributed by atoms with Crippen molar-refractivity contribution in [2.24, 2.45) is 0 Å². The van der Waals surface area contributed by atoms with Crippen LogP contribution < -0.4 is 15.1 Å². The van der Waals surface area contributed by atoms with Gasteiger partial charge in [-0.1, -0.05) is 30.3 Å². The number of anilines is 4. The van der Waals surface area contributed by atoms with E-state index in [1.165, 1.54) is 11.3 Å². The lowest BCUT2D eigenvalue weighted by Crippen LogP contribution is -2.21. The van der Waals surface area contributed by atoms with Crippen LogP contribution in [0, 0.1) is 6.92 Å². The molecule has 3 rings (SSSR count). The van der Waals surface area contributed by atoms with Crippen LogP contribution in [0.3, 0.4) is 0 Å². The highest BCUT2D eigenvalue weighted by molar-refractivity contribution is 5.61. The van der Waals surface area contributed by atoms with Crippen LogP contribution >= 0.6 is 0 Å². The summed E-state index contributed by atoms with van der Waals surface area (Å²) in [5.41, 5.74) is 4.42. The van der Waals surface area contributed by atoms with E-state index < -0.39 is 0 Å². The molecule has 1 heterocycles. The number of hydrogen-bond donors (Lipinski definition) is 1. The molecule has 0 radical (unpaired) electrons. The first-order valence-corrected chi connectivity index (χ1v) is 9.81. The van der Waals surface area contributed by atoms with Crippen molar-refractivity contribution in [3.05, 3.63) is 71.9 Å². The van der Waals surface area contributed by atoms with E-state index in [1.54, 1.807) is 0 Å². The number of rotatable bonds is 8. The van der Waals surface area contributed by atoms with Crippen molar-refractivity contribution in [3.63, 3.8) is 0 Å². The predicted octanol–water partition coefficient (Wildman–Crippen LogP) is 5.01. The monoisotopic (exact) mass is 375 g/mol. The van der Waals surface area contributed by atoms with Crippen LogP contribution in [0.1, 0.15) is 25.1 Å². The zero-order valence-corrected chi connectivity index (χ0v) is 17.2. The van der Waals surface area contributed by atoms with Crippen LogP contribution in [0.25, 0.3) is 0 Å². The van der Waals surface area contributed by atoms with Crippen molar-refractivity contribution in [2.45, 2.75) is 27.3 Å². The van der Waals surface area contributed by atoms with Gasteiger partial charge in [0, 0.05) is 49.8 Å². The first-order chi connectivity index (χ1) is 13.6. The summed E-state index contributed by atoms with van der Waals surface area (Å²) in [4.78, 5) is 13.7. The van der Waals surface area contributed by atoms with E-state index in [4.69, 9.17) is 4.98 Å². The average Bonchev–Trinajstić information content (AvgIpc) is 2.70. The highest BCUT2D eigenvalue weighted by Crippen LogP contribution is 2.22. The Morgan fingerprint density at radius 1 is 0.893 bits per heavy atom. The Labute approximate surface area is 168 Å². The highest BCUT2D eigenvalue weighted by Gasteiger charge is 2.09. The molecule has 0 amide bonds. The number of aromatic nitrogens is 2. The largest absolute Gasteiger partial charge is 0.372 e. The third-order valence-electron chi connectivity index (χ3n) is 4.71. The first kappa shape index (κ1) is 19.7. The molecule has 0 saturated heterocycles. The lowest BCUT2D eigenvalue weighted by atomic mass is 10.2. The standard InChI is InChI=1S/C23H29N5/c1-5-28(6-2)21-14-12-20(13-15-21)25-22-16-18(3)24-23(26-22)27(4)17-19-10-8-7-9-11-19/h7-16H,5-6,17H2,1-4H3,(H,24,25,26). The van der Waals surface area contributed by atoms with E-state index in [-0.39, 0.29) is 0 Å². The van der Waals surface area contributed by atoms with E-state index >= 15 is 0 Å². The minimum absolute atomic E-state index is 0.714. The molecule has 1 N–H and O–H groups in total. The van der Waals surface area contributed by atoms with Crippen LogP contribution in [0.4, 0.5) is 23.1 Å². The van der Waals surface area contributed by atoms with Gasteiger partial charge >= 0.3 is 0 Å². The maximum absolute atomic E-state index is 4.71. The summed E-state index contributed by atoms with van der Waals surface area (Å²) in [5, 5.41) is 3.41. The Morgan fingerprint density at radius 2 is 1.57 bits per heavy atom. The zero-order chi connectivity index (χ0) is 19.9. The Hall–Kier alpha value is -3.08. The molecule has 0 atom stereocenters. The van der Waals surface area contributed by atoms with Crippen LogP contribution in [-0.4, -0.2) is 30.1 Å². The fraction of sp³-hybridized carbons (Fsp3) is 0.304. The molecule has 0 bridgehead atoms. The highest BCUT2D eigenvalue weighted by atomic mass is 15.2. The van der Waals surface area contributed by atoms with Crippen molar-refractivity contribution in [2.75, 3.05) is 35.3 Å². The third kappa shape index (κ3) is 5.00. The molecule has 28 heavy (non-hydrogen) atoms. The summed E-state index contributed by atoms with van der Waals surface area (Å²) < 4.78 is 0. The van der Waals surface area contributed by atoms with E-state index in [2.05, 4.69) is 82.5 Å². The number of benzene rings is 2. The maximum Gasteiger partial charge on any atom is 0.227 e. The Kier molecular flexibility index (Phi) is 6.48. The maximum atomic E-state index is 4.71. The molecule has 0 saturated carbocycles. The molecular formula is C23H29N5. The van der Waals surface area contributed by atoms with Gasteiger partial charge in [0.1, 0.15) is 5.82 Å². The van der Waals surface area contributed by atoms with Crippen molar-refractivity contribution < 1.29 is 0 Å². The van der Waals surface area contributed by atoms with Gasteiger partial charge in [-0.3, -0.25) is 0 Å². The Morgan fingerprint density at radius 3 is 2.21 bits per heavy atom. The van der Waals surface area contributed by atoms with Gasteiger partial charge in [-0.2, -0.15) is 4.98 Å². The summed E-state index contributed by atoms with van der Waals surface area (Å²) in [7, 11) is 2.02. The van der Waals surface area contributed by atoms with Crippen LogP contribution in [0.2, 0.25) is 0 Å². The molecular weight excluding hydrogens is 346 g/mol. The fourth-order valence-corrected chi connectivity index (χ4v) is 3.21. The quantitative estimate of drug-likeness (QED) is 0.599. The molecule has 2 aromatic carbocycles. The molecule has 0 unspecified atom stereocenters. The second kappa shape index (κ2) is 9.22. The van der Waals surface area contributed by atoms with Crippen LogP contribution in [-0.2, 0) is 6.54 Å². The van der Waals surface area contributed by atoms with Gasteiger partial charge in [0.2, 0.25) is 5.95 Å². The second-order valence-corrected chi connectivity index (χ2v) is 6.88. The average molecular weight is 376 g/mol. The Balaban J connectivity index is 1.74. The molecule has 5 nitrogen and oxygen atoms in total. The van der Waals surface area contributed by atoms with Gasteiger partial charge in [-0.25, -0.2) is 4.98 Å². The molecule has 0 spiro atoms. The van der Waals surface area contributed by atoms with E-state index in [9.17, 15) is 0 Å². The van der Waals surface area contributed by atoms with Gasteiger partial charge in [-0.15, -0.1) is 0 Å². The molecule has 0 aliphatic rings. The smallest absolute Gasteiger partial charge is 0.227 e. The van der Waals surface area contributed by atoms with Crippen molar-refractivity contribution in [1.29, 1.82) is 0 Å². The Bertz CT molecular complexity index is 873. The topological polar surface area (TPSA) is 44.3 Å². The third-order valence-corrected chi connectivity index (χ3v) is 4.71. The minimum atomic E-state index is 0.714. The minimum Gasteiger partial charge on any atom is -0.372 e. The second-order valence-electron chi connectivity index (χ2n) is 6.88. The van der Waals surface area contributed by atoms with E-state index in [1.807, 2.05) is 26.1 Å². The van der Waals surface area contributed by atoms with Crippen molar-refractivity contribution in [1.82, 2.24) is 9.97 Å². The normalized spacial score (nSPS) is 10.6. The van der Waals surface area contributed by atoms with Crippen LogP contribution in [0.15, 0.2) is 60.7 Å².